The molecule has 0 amide bonds. The second kappa shape index (κ2) is 6.82. The maximum atomic E-state index is 12.4. The zero-order valence-electron chi connectivity index (χ0n) is 14.5. The quantitative estimate of drug-likeness (QED) is 0.406. The fourth-order valence-corrected chi connectivity index (χ4v) is 4.79. The Kier molecular flexibility index (Phi) is 4.51. The lowest BCUT2D eigenvalue weighted by Gasteiger charge is -2.31. The van der Waals surface area contributed by atoms with Crippen LogP contribution in [-0.4, -0.2) is 23.9 Å². The summed E-state index contributed by atoms with van der Waals surface area (Å²) < 4.78 is 9.70. The first kappa shape index (κ1) is 17.2. The average molecular weight is 358 g/mol. The molecule has 2 heterocycles. The Bertz CT molecular complexity index is 705. The van der Waals surface area contributed by atoms with E-state index in [4.69, 9.17) is 9.47 Å². The third-order valence-corrected chi connectivity index (χ3v) is 6.17. The summed E-state index contributed by atoms with van der Waals surface area (Å²) in [4.78, 5) is 48.8. The number of hydrogen-bond acceptors (Lipinski definition) is 6. The molecule has 6 unspecified atom stereocenters. The molecule has 6 atom stereocenters. The van der Waals surface area contributed by atoms with E-state index in [2.05, 4.69) is 12.2 Å². The van der Waals surface area contributed by atoms with Gasteiger partial charge in [0.15, 0.2) is 0 Å². The second-order valence-electron chi connectivity index (χ2n) is 7.67. The highest BCUT2D eigenvalue weighted by atomic mass is 16.6. The van der Waals surface area contributed by atoms with Gasteiger partial charge in [-0.1, -0.05) is 37.1 Å². The van der Waals surface area contributed by atoms with E-state index in [-0.39, 0.29) is 18.3 Å². The van der Waals surface area contributed by atoms with Gasteiger partial charge < -0.3 is 9.47 Å². The first-order chi connectivity index (χ1) is 12.6. The minimum Gasteiger partial charge on any atom is -0.393 e. The summed E-state index contributed by atoms with van der Waals surface area (Å²) in [6, 6.07) is 0. The van der Waals surface area contributed by atoms with Gasteiger partial charge in [-0.2, -0.15) is 0 Å². The van der Waals surface area contributed by atoms with Gasteiger partial charge in [-0.15, -0.1) is 0 Å². The highest BCUT2D eigenvalue weighted by Gasteiger charge is 2.54. The summed E-state index contributed by atoms with van der Waals surface area (Å²) in [5.74, 6) is -5.05. The van der Waals surface area contributed by atoms with Gasteiger partial charge >= 0.3 is 23.9 Å². The van der Waals surface area contributed by atoms with Gasteiger partial charge in [0.1, 0.15) is 0 Å². The summed E-state index contributed by atoms with van der Waals surface area (Å²) in [6.07, 6.45) is 13.3. The minimum atomic E-state index is -0.710. The van der Waals surface area contributed by atoms with Crippen LogP contribution in [0.4, 0.5) is 0 Å². The van der Waals surface area contributed by atoms with Crippen LogP contribution in [0.5, 0.6) is 0 Å². The number of ether oxygens (including phenoxy) is 2. The van der Waals surface area contributed by atoms with Gasteiger partial charge in [0.25, 0.3) is 0 Å². The Morgan fingerprint density at radius 3 is 2.38 bits per heavy atom. The summed E-state index contributed by atoms with van der Waals surface area (Å²) in [5, 5.41) is 0. The van der Waals surface area contributed by atoms with Crippen LogP contribution in [0, 0.1) is 35.5 Å². The van der Waals surface area contributed by atoms with Crippen molar-refractivity contribution in [2.24, 2.45) is 35.5 Å². The normalized spacial score (nSPS) is 40.0. The van der Waals surface area contributed by atoms with Crippen molar-refractivity contribution in [1.29, 1.82) is 0 Å². The number of allylic oxidation sites excluding steroid dienone is 3. The van der Waals surface area contributed by atoms with E-state index >= 15 is 0 Å². The zero-order valence-corrected chi connectivity index (χ0v) is 14.5. The maximum absolute atomic E-state index is 12.4. The highest BCUT2D eigenvalue weighted by Crippen LogP contribution is 2.45. The van der Waals surface area contributed by atoms with Crippen LogP contribution in [0.25, 0.3) is 0 Å². The van der Waals surface area contributed by atoms with Crippen molar-refractivity contribution in [3.05, 3.63) is 24.3 Å². The number of carbonyl (C=O) groups excluding carboxylic acids is 4. The predicted molar refractivity (Wildman–Crippen MR) is 89.1 cm³/mol. The number of carbonyl (C=O) groups is 4. The summed E-state index contributed by atoms with van der Waals surface area (Å²) in [7, 11) is 0. The first-order valence-electron chi connectivity index (χ1n) is 9.42. The third-order valence-electron chi connectivity index (χ3n) is 6.17. The molecule has 0 aromatic rings. The molecule has 4 rings (SSSR count). The molecular formula is C20H22O6. The van der Waals surface area contributed by atoms with Crippen molar-refractivity contribution in [2.45, 2.75) is 38.5 Å². The maximum Gasteiger partial charge on any atom is 0.321 e. The number of rotatable bonds is 1. The molecule has 0 spiro atoms. The molecular weight excluding hydrogens is 336 g/mol. The fourth-order valence-electron chi connectivity index (χ4n) is 4.79. The molecule has 138 valence electrons. The molecule has 2 saturated heterocycles. The van der Waals surface area contributed by atoms with E-state index in [9.17, 15) is 19.2 Å². The van der Waals surface area contributed by atoms with Crippen LogP contribution in [0.1, 0.15) is 38.5 Å². The fraction of sp³-hybridized carbons (Fsp3) is 0.600. The smallest absolute Gasteiger partial charge is 0.321 e. The van der Waals surface area contributed by atoms with E-state index in [1.165, 1.54) is 0 Å². The molecule has 0 N–H and O–H groups in total. The van der Waals surface area contributed by atoms with Crippen LogP contribution in [0.15, 0.2) is 24.3 Å². The van der Waals surface area contributed by atoms with E-state index in [1.54, 1.807) is 6.08 Å². The summed E-state index contributed by atoms with van der Waals surface area (Å²) in [6.45, 7) is 0. The van der Waals surface area contributed by atoms with Crippen LogP contribution in [-0.2, 0) is 28.7 Å². The molecule has 0 radical (unpaired) electrons. The van der Waals surface area contributed by atoms with Gasteiger partial charge in [0, 0.05) is 0 Å². The van der Waals surface area contributed by atoms with E-state index in [0.29, 0.717) is 0 Å². The van der Waals surface area contributed by atoms with Gasteiger partial charge in [-0.05, 0) is 37.5 Å². The van der Waals surface area contributed by atoms with Crippen LogP contribution in [0.2, 0.25) is 0 Å². The van der Waals surface area contributed by atoms with Crippen LogP contribution >= 0.6 is 0 Å². The van der Waals surface area contributed by atoms with Gasteiger partial charge in [0.2, 0.25) is 0 Å². The molecule has 0 bridgehead atoms. The van der Waals surface area contributed by atoms with E-state index < -0.39 is 47.5 Å². The number of hydrogen-bond donors (Lipinski definition) is 0. The molecule has 4 aliphatic rings. The van der Waals surface area contributed by atoms with Gasteiger partial charge in [-0.3, -0.25) is 19.2 Å². The molecule has 0 aromatic heterocycles. The van der Waals surface area contributed by atoms with Crippen molar-refractivity contribution >= 4 is 23.9 Å². The molecule has 6 heteroatoms. The van der Waals surface area contributed by atoms with Gasteiger partial charge in [0.05, 0.1) is 23.7 Å². The molecule has 0 aromatic carbocycles. The zero-order chi connectivity index (χ0) is 18.3. The van der Waals surface area contributed by atoms with Crippen LogP contribution in [0.3, 0.4) is 0 Å². The molecule has 26 heavy (non-hydrogen) atoms. The van der Waals surface area contributed by atoms with Crippen molar-refractivity contribution in [1.82, 2.24) is 0 Å². The monoisotopic (exact) mass is 358 g/mol. The van der Waals surface area contributed by atoms with Crippen molar-refractivity contribution in [3.8, 4) is 0 Å². The Labute approximate surface area is 151 Å². The summed E-state index contributed by atoms with van der Waals surface area (Å²) in [5.41, 5.74) is 0. The molecule has 2 aliphatic heterocycles. The van der Waals surface area contributed by atoms with Crippen molar-refractivity contribution < 1.29 is 28.7 Å². The second-order valence-corrected chi connectivity index (χ2v) is 7.67. The number of cyclic esters (lactones) is 4. The minimum absolute atomic E-state index is 0.113. The largest absolute Gasteiger partial charge is 0.393 e. The predicted octanol–water partition coefficient (Wildman–Crippen LogP) is 2.33. The Morgan fingerprint density at radius 1 is 0.769 bits per heavy atom. The van der Waals surface area contributed by atoms with E-state index in [1.807, 2.05) is 6.08 Å². The topological polar surface area (TPSA) is 86.7 Å². The van der Waals surface area contributed by atoms with Gasteiger partial charge in [-0.25, -0.2) is 0 Å². The molecule has 2 aliphatic carbocycles. The first-order valence-corrected chi connectivity index (χ1v) is 9.42. The number of fused-ring (bicyclic) bond motifs is 2. The molecule has 0 saturated carbocycles. The Morgan fingerprint density at radius 2 is 1.54 bits per heavy atom. The highest BCUT2D eigenvalue weighted by molar-refractivity contribution is 6.00. The SMILES string of the molecule is O=C1OC(=O)C2CC3C(=O)OC(=O)C3C(C3C=CCCCCC3)C=CC12. The lowest BCUT2D eigenvalue weighted by molar-refractivity contribution is -0.155. The standard InChI is InChI=1S/C20H22O6/c21-17-13-9-8-12(11-6-4-2-1-3-5-7-11)16-15(19(23)26-20(16)24)10-14(13)18(22)25-17/h4,6,8-9,11-16H,1-3,5,7,10H2. The lowest BCUT2D eigenvalue weighted by Crippen LogP contribution is -2.35. The Hall–Kier alpha value is -2.24. The lowest BCUT2D eigenvalue weighted by atomic mass is 9.68. The van der Waals surface area contributed by atoms with Crippen molar-refractivity contribution in [2.75, 3.05) is 0 Å². The third kappa shape index (κ3) is 2.91. The van der Waals surface area contributed by atoms with Crippen molar-refractivity contribution in [3.63, 3.8) is 0 Å². The number of esters is 4. The average Bonchev–Trinajstić information content (AvgIpc) is 2.95. The molecule has 6 nitrogen and oxygen atoms in total. The van der Waals surface area contributed by atoms with Crippen LogP contribution < -0.4 is 0 Å². The Balaban J connectivity index is 1.72. The summed E-state index contributed by atoms with van der Waals surface area (Å²) >= 11 is 0. The van der Waals surface area contributed by atoms with E-state index in [0.717, 1.165) is 32.1 Å². The molecule has 2 fully saturated rings.